The molecular formula is C14H10FN3O. The van der Waals surface area contributed by atoms with E-state index in [1.807, 2.05) is 18.2 Å². The largest absolute Gasteiger partial charge is 0.382 e. The third-order valence-corrected chi connectivity index (χ3v) is 2.85. The van der Waals surface area contributed by atoms with Gasteiger partial charge in [-0.3, -0.25) is 9.97 Å². The summed E-state index contributed by atoms with van der Waals surface area (Å²) >= 11 is 0. The smallest absolute Gasteiger partial charge is 0.147 e. The molecule has 0 aliphatic rings. The Bertz CT molecular complexity index is 732. The van der Waals surface area contributed by atoms with E-state index >= 15 is 0 Å². The molecule has 0 radical (unpaired) electrons. The Morgan fingerprint density at radius 1 is 1.05 bits per heavy atom. The van der Waals surface area contributed by atoms with Crippen LogP contribution in [0.2, 0.25) is 0 Å². The van der Waals surface area contributed by atoms with Crippen molar-refractivity contribution in [2.45, 2.75) is 6.10 Å². The zero-order valence-corrected chi connectivity index (χ0v) is 9.86. The molecule has 0 aliphatic heterocycles. The molecule has 0 saturated heterocycles. The van der Waals surface area contributed by atoms with E-state index in [0.29, 0.717) is 11.2 Å². The molecule has 2 aromatic heterocycles. The normalized spacial score (nSPS) is 12.5. The quantitative estimate of drug-likeness (QED) is 0.763. The second-order valence-corrected chi connectivity index (χ2v) is 4.08. The van der Waals surface area contributed by atoms with Gasteiger partial charge in [-0.1, -0.05) is 12.1 Å². The predicted octanol–water partition coefficient (Wildman–Crippen LogP) is 2.25. The van der Waals surface area contributed by atoms with E-state index in [0.717, 1.165) is 11.7 Å². The molecule has 5 heteroatoms. The van der Waals surface area contributed by atoms with Gasteiger partial charge in [0.15, 0.2) is 0 Å². The lowest BCUT2D eigenvalue weighted by Gasteiger charge is -2.11. The standard InChI is InChI=1S/C14H10FN3O/c15-10-7-16-6-5-9(10)14(19)13-8-17-11-3-1-2-4-12(11)18-13/h1-8,14,19H. The highest BCUT2D eigenvalue weighted by molar-refractivity contribution is 5.73. The highest BCUT2D eigenvalue weighted by Gasteiger charge is 2.16. The summed E-state index contributed by atoms with van der Waals surface area (Å²) in [4.78, 5) is 12.1. The van der Waals surface area contributed by atoms with Gasteiger partial charge in [-0.25, -0.2) is 9.37 Å². The van der Waals surface area contributed by atoms with E-state index in [2.05, 4.69) is 15.0 Å². The van der Waals surface area contributed by atoms with Gasteiger partial charge >= 0.3 is 0 Å². The highest BCUT2D eigenvalue weighted by atomic mass is 19.1. The SMILES string of the molecule is OC(c1cnc2ccccc2n1)c1ccncc1F. The molecule has 1 unspecified atom stereocenters. The number of rotatable bonds is 2. The molecule has 0 spiro atoms. The molecule has 0 fully saturated rings. The maximum atomic E-state index is 13.6. The first kappa shape index (κ1) is 11.7. The van der Waals surface area contributed by atoms with Crippen molar-refractivity contribution in [1.29, 1.82) is 0 Å². The molecule has 19 heavy (non-hydrogen) atoms. The second kappa shape index (κ2) is 4.70. The summed E-state index contributed by atoms with van der Waals surface area (Å²) in [5.41, 5.74) is 1.84. The maximum Gasteiger partial charge on any atom is 0.147 e. The summed E-state index contributed by atoms with van der Waals surface area (Å²) < 4.78 is 13.6. The summed E-state index contributed by atoms with van der Waals surface area (Å²) in [6, 6.07) is 8.74. The fraction of sp³-hybridized carbons (Fsp3) is 0.0714. The van der Waals surface area contributed by atoms with E-state index in [1.165, 1.54) is 18.5 Å². The lowest BCUT2D eigenvalue weighted by Crippen LogP contribution is -2.06. The van der Waals surface area contributed by atoms with Gasteiger partial charge in [0, 0.05) is 11.8 Å². The Labute approximate surface area is 108 Å². The molecule has 2 heterocycles. The van der Waals surface area contributed by atoms with Crippen molar-refractivity contribution < 1.29 is 9.50 Å². The fourth-order valence-electron chi connectivity index (χ4n) is 1.87. The molecular weight excluding hydrogens is 245 g/mol. The number of nitrogens with zero attached hydrogens (tertiary/aromatic N) is 3. The number of halogens is 1. The number of benzene rings is 1. The van der Waals surface area contributed by atoms with Gasteiger partial charge in [0.2, 0.25) is 0 Å². The first-order chi connectivity index (χ1) is 9.25. The third-order valence-electron chi connectivity index (χ3n) is 2.85. The van der Waals surface area contributed by atoms with E-state index in [-0.39, 0.29) is 5.56 Å². The van der Waals surface area contributed by atoms with E-state index < -0.39 is 11.9 Å². The second-order valence-electron chi connectivity index (χ2n) is 4.08. The van der Waals surface area contributed by atoms with Gasteiger partial charge in [0.1, 0.15) is 11.9 Å². The zero-order chi connectivity index (χ0) is 13.2. The predicted molar refractivity (Wildman–Crippen MR) is 67.8 cm³/mol. The van der Waals surface area contributed by atoms with Crippen molar-refractivity contribution in [3.8, 4) is 0 Å². The molecule has 3 aromatic rings. The minimum Gasteiger partial charge on any atom is -0.382 e. The summed E-state index contributed by atoms with van der Waals surface area (Å²) in [6.45, 7) is 0. The Balaban J connectivity index is 2.07. The molecule has 0 aliphatic carbocycles. The van der Waals surface area contributed by atoms with Gasteiger partial charge in [0.25, 0.3) is 0 Å². The average molecular weight is 255 g/mol. The lowest BCUT2D eigenvalue weighted by atomic mass is 10.1. The third kappa shape index (κ3) is 2.15. The van der Waals surface area contributed by atoms with Crippen molar-refractivity contribution in [2.75, 3.05) is 0 Å². The Kier molecular flexibility index (Phi) is 2.89. The van der Waals surface area contributed by atoms with Crippen LogP contribution in [-0.4, -0.2) is 20.1 Å². The minimum absolute atomic E-state index is 0.139. The van der Waals surface area contributed by atoms with E-state index in [1.54, 1.807) is 6.07 Å². The van der Waals surface area contributed by atoms with Crippen LogP contribution in [0.1, 0.15) is 17.4 Å². The zero-order valence-electron chi connectivity index (χ0n) is 9.86. The molecule has 4 nitrogen and oxygen atoms in total. The van der Waals surface area contributed by atoms with Crippen molar-refractivity contribution >= 4 is 11.0 Å². The fourth-order valence-corrected chi connectivity index (χ4v) is 1.87. The van der Waals surface area contributed by atoms with Crippen LogP contribution < -0.4 is 0 Å². The molecule has 1 atom stereocenters. The van der Waals surface area contributed by atoms with Crippen molar-refractivity contribution in [1.82, 2.24) is 15.0 Å². The van der Waals surface area contributed by atoms with Crippen molar-refractivity contribution in [2.24, 2.45) is 0 Å². The van der Waals surface area contributed by atoms with Crippen LogP contribution in [0, 0.1) is 5.82 Å². The number of aliphatic hydroxyl groups excluding tert-OH is 1. The number of para-hydroxylation sites is 2. The molecule has 1 aromatic carbocycles. The molecule has 94 valence electrons. The molecule has 0 saturated carbocycles. The van der Waals surface area contributed by atoms with Crippen molar-refractivity contribution in [3.05, 3.63) is 66.0 Å². The van der Waals surface area contributed by atoms with Crippen LogP contribution >= 0.6 is 0 Å². The molecule has 3 rings (SSSR count). The van der Waals surface area contributed by atoms with Crippen LogP contribution in [0.15, 0.2) is 48.9 Å². The highest BCUT2D eigenvalue weighted by Crippen LogP contribution is 2.22. The minimum atomic E-state index is -1.15. The molecule has 1 N–H and O–H groups in total. The van der Waals surface area contributed by atoms with Crippen LogP contribution in [0.4, 0.5) is 4.39 Å². The number of aromatic nitrogens is 3. The van der Waals surface area contributed by atoms with Crippen LogP contribution in [-0.2, 0) is 0 Å². The number of pyridine rings is 1. The Morgan fingerprint density at radius 3 is 2.63 bits per heavy atom. The maximum absolute atomic E-state index is 13.6. The van der Waals surface area contributed by atoms with Gasteiger partial charge < -0.3 is 5.11 Å². The van der Waals surface area contributed by atoms with Gasteiger partial charge in [0.05, 0.1) is 29.1 Å². The van der Waals surface area contributed by atoms with Crippen LogP contribution in [0.5, 0.6) is 0 Å². The van der Waals surface area contributed by atoms with Gasteiger partial charge in [-0.2, -0.15) is 0 Å². The summed E-state index contributed by atoms with van der Waals surface area (Å²) in [6.07, 6.45) is 2.79. The molecule has 0 bridgehead atoms. The number of fused-ring (bicyclic) bond motifs is 1. The summed E-state index contributed by atoms with van der Waals surface area (Å²) in [5, 5.41) is 10.2. The van der Waals surface area contributed by atoms with E-state index in [4.69, 9.17) is 0 Å². The lowest BCUT2D eigenvalue weighted by molar-refractivity contribution is 0.210. The topological polar surface area (TPSA) is 58.9 Å². The first-order valence-corrected chi connectivity index (χ1v) is 5.75. The summed E-state index contributed by atoms with van der Waals surface area (Å²) in [5.74, 6) is -0.565. The first-order valence-electron chi connectivity index (χ1n) is 5.75. The Hall–Kier alpha value is -2.40. The van der Waals surface area contributed by atoms with Gasteiger partial charge in [-0.15, -0.1) is 0 Å². The van der Waals surface area contributed by atoms with Crippen molar-refractivity contribution in [3.63, 3.8) is 0 Å². The van der Waals surface area contributed by atoms with Crippen LogP contribution in [0.3, 0.4) is 0 Å². The monoisotopic (exact) mass is 255 g/mol. The summed E-state index contributed by atoms with van der Waals surface area (Å²) in [7, 11) is 0. The van der Waals surface area contributed by atoms with Crippen LogP contribution in [0.25, 0.3) is 11.0 Å². The average Bonchev–Trinajstić information content (AvgIpc) is 2.46. The van der Waals surface area contributed by atoms with Gasteiger partial charge in [-0.05, 0) is 18.2 Å². The molecule has 0 amide bonds. The number of aliphatic hydroxyl groups is 1. The number of hydrogen-bond donors (Lipinski definition) is 1. The number of hydrogen-bond acceptors (Lipinski definition) is 4. The Morgan fingerprint density at radius 2 is 1.84 bits per heavy atom. The van der Waals surface area contributed by atoms with E-state index in [9.17, 15) is 9.50 Å².